The number of rotatable bonds is 5. The van der Waals surface area contributed by atoms with Gasteiger partial charge in [0.05, 0.1) is 0 Å². The SMILES string of the molecule is C[N-]C(Cc1ccccc1)Cc1ccccc1. The summed E-state index contributed by atoms with van der Waals surface area (Å²) in [5.74, 6) is 0. The minimum atomic E-state index is 0.375. The fourth-order valence-electron chi connectivity index (χ4n) is 2.03. The average Bonchev–Trinajstić information content (AvgIpc) is 2.40. The van der Waals surface area contributed by atoms with E-state index in [-0.39, 0.29) is 0 Å². The van der Waals surface area contributed by atoms with Crippen molar-refractivity contribution in [3.8, 4) is 0 Å². The molecule has 2 aromatic carbocycles. The molecule has 0 saturated carbocycles. The standard InChI is InChI=1S/C16H18N/c1-17-16(12-14-8-4-2-5-9-14)13-15-10-6-3-7-11-15/h2-11,16H,12-13H2,1H3/q-1. The summed E-state index contributed by atoms with van der Waals surface area (Å²) < 4.78 is 0. The van der Waals surface area contributed by atoms with Crippen LogP contribution in [0.3, 0.4) is 0 Å². The van der Waals surface area contributed by atoms with Crippen molar-refractivity contribution in [2.24, 2.45) is 0 Å². The van der Waals surface area contributed by atoms with E-state index in [1.54, 1.807) is 0 Å². The zero-order valence-electron chi connectivity index (χ0n) is 10.2. The van der Waals surface area contributed by atoms with E-state index in [0.29, 0.717) is 6.04 Å². The number of hydrogen-bond donors (Lipinski definition) is 0. The third-order valence-electron chi connectivity index (χ3n) is 2.99. The van der Waals surface area contributed by atoms with Crippen LogP contribution in [0.1, 0.15) is 11.1 Å². The van der Waals surface area contributed by atoms with Gasteiger partial charge in [-0.25, -0.2) is 0 Å². The summed E-state index contributed by atoms with van der Waals surface area (Å²) in [6.07, 6.45) is 2.04. The van der Waals surface area contributed by atoms with Gasteiger partial charge in [0.15, 0.2) is 0 Å². The van der Waals surface area contributed by atoms with Gasteiger partial charge in [0.1, 0.15) is 0 Å². The first-order valence-electron chi connectivity index (χ1n) is 6.05. The van der Waals surface area contributed by atoms with E-state index in [9.17, 15) is 0 Å². The number of benzene rings is 2. The van der Waals surface area contributed by atoms with E-state index >= 15 is 0 Å². The van der Waals surface area contributed by atoms with Crippen molar-refractivity contribution in [3.05, 3.63) is 77.1 Å². The summed E-state index contributed by atoms with van der Waals surface area (Å²) in [5.41, 5.74) is 2.72. The number of nitrogens with zero attached hydrogens (tertiary/aromatic N) is 1. The molecule has 0 saturated heterocycles. The Hall–Kier alpha value is -1.60. The van der Waals surface area contributed by atoms with E-state index in [4.69, 9.17) is 0 Å². The first kappa shape index (κ1) is 11.9. The second-order valence-electron chi connectivity index (χ2n) is 4.29. The highest BCUT2D eigenvalue weighted by atomic mass is 14.9. The Kier molecular flexibility index (Phi) is 4.34. The number of hydrogen-bond acceptors (Lipinski definition) is 0. The van der Waals surface area contributed by atoms with Crippen molar-refractivity contribution in [2.75, 3.05) is 7.05 Å². The smallest absolute Gasteiger partial charge is 0.0437 e. The fraction of sp³-hybridized carbons (Fsp3) is 0.250. The third-order valence-corrected chi connectivity index (χ3v) is 2.99. The molecule has 17 heavy (non-hydrogen) atoms. The van der Waals surface area contributed by atoms with E-state index in [1.807, 2.05) is 7.05 Å². The molecule has 0 fully saturated rings. The fourth-order valence-corrected chi connectivity index (χ4v) is 2.03. The van der Waals surface area contributed by atoms with E-state index in [1.165, 1.54) is 11.1 Å². The van der Waals surface area contributed by atoms with E-state index in [0.717, 1.165) is 12.8 Å². The minimum Gasteiger partial charge on any atom is -0.662 e. The molecule has 2 aromatic rings. The summed E-state index contributed by atoms with van der Waals surface area (Å²) in [6, 6.07) is 21.5. The van der Waals surface area contributed by atoms with Crippen molar-refractivity contribution in [1.82, 2.24) is 0 Å². The van der Waals surface area contributed by atoms with Crippen LogP contribution in [0.5, 0.6) is 0 Å². The zero-order valence-corrected chi connectivity index (χ0v) is 10.2. The van der Waals surface area contributed by atoms with Gasteiger partial charge in [0, 0.05) is 0 Å². The topological polar surface area (TPSA) is 14.1 Å². The molecule has 0 aliphatic heterocycles. The lowest BCUT2D eigenvalue weighted by Crippen LogP contribution is -2.13. The van der Waals surface area contributed by atoms with Crippen molar-refractivity contribution in [1.29, 1.82) is 0 Å². The van der Waals surface area contributed by atoms with Crippen LogP contribution in [0.25, 0.3) is 5.32 Å². The maximum absolute atomic E-state index is 4.48. The van der Waals surface area contributed by atoms with Crippen molar-refractivity contribution in [3.63, 3.8) is 0 Å². The molecule has 0 unspecified atom stereocenters. The Balaban J connectivity index is 1.98. The summed E-state index contributed by atoms with van der Waals surface area (Å²) in [4.78, 5) is 0. The lowest BCUT2D eigenvalue weighted by molar-refractivity contribution is 0.730. The van der Waals surface area contributed by atoms with Gasteiger partial charge < -0.3 is 5.32 Å². The minimum absolute atomic E-state index is 0.375. The van der Waals surface area contributed by atoms with Gasteiger partial charge in [-0.05, 0) is 24.0 Å². The van der Waals surface area contributed by atoms with Crippen molar-refractivity contribution in [2.45, 2.75) is 18.9 Å². The Morgan fingerprint density at radius 3 is 1.53 bits per heavy atom. The summed E-state index contributed by atoms with van der Waals surface area (Å²) in [7, 11) is 1.91. The molecule has 0 radical (unpaired) electrons. The highest BCUT2D eigenvalue weighted by Gasteiger charge is 2.00. The third kappa shape index (κ3) is 3.72. The highest BCUT2D eigenvalue weighted by Crippen LogP contribution is 2.13. The van der Waals surface area contributed by atoms with E-state index < -0.39 is 0 Å². The van der Waals surface area contributed by atoms with E-state index in [2.05, 4.69) is 66.0 Å². The molecule has 2 rings (SSSR count). The summed E-state index contributed by atoms with van der Waals surface area (Å²) in [5, 5.41) is 4.48. The average molecular weight is 224 g/mol. The molecule has 0 N–H and O–H groups in total. The van der Waals surface area contributed by atoms with Gasteiger partial charge >= 0.3 is 0 Å². The zero-order chi connectivity index (χ0) is 11.9. The van der Waals surface area contributed by atoms with Crippen LogP contribution in [0.2, 0.25) is 0 Å². The molecule has 0 amide bonds. The normalized spacial score (nSPS) is 10.7. The molecule has 0 bridgehead atoms. The Morgan fingerprint density at radius 2 is 1.18 bits per heavy atom. The molecule has 0 aliphatic rings. The lowest BCUT2D eigenvalue weighted by atomic mass is 9.99. The van der Waals surface area contributed by atoms with Crippen molar-refractivity contribution >= 4 is 0 Å². The summed E-state index contributed by atoms with van der Waals surface area (Å²) >= 11 is 0. The molecule has 0 aromatic heterocycles. The van der Waals surface area contributed by atoms with Crippen LogP contribution in [0.4, 0.5) is 0 Å². The first-order chi connectivity index (χ1) is 8.38. The molecule has 88 valence electrons. The molecule has 0 spiro atoms. The van der Waals surface area contributed by atoms with Crippen LogP contribution in [0.15, 0.2) is 60.7 Å². The first-order valence-corrected chi connectivity index (χ1v) is 6.05. The monoisotopic (exact) mass is 224 g/mol. The van der Waals surface area contributed by atoms with Gasteiger partial charge in [0.2, 0.25) is 0 Å². The number of likely N-dealkylation sites (N-methyl/N-ethyl adjacent to an activating group) is 1. The second-order valence-corrected chi connectivity index (χ2v) is 4.29. The van der Waals surface area contributed by atoms with Gasteiger partial charge in [-0.15, -0.1) is 6.04 Å². The maximum Gasteiger partial charge on any atom is -0.0437 e. The molecule has 0 heterocycles. The van der Waals surface area contributed by atoms with Gasteiger partial charge in [0.25, 0.3) is 0 Å². The van der Waals surface area contributed by atoms with Gasteiger partial charge in [-0.1, -0.05) is 60.7 Å². The lowest BCUT2D eigenvalue weighted by Gasteiger charge is -2.28. The largest absolute Gasteiger partial charge is 0.662 e. The predicted molar refractivity (Wildman–Crippen MR) is 73.4 cm³/mol. The Morgan fingerprint density at radius 1 is 0.765 bits per heavy atom. The van der Waals surface area contributed by atoms with Crippen LogP contribution in [-0.2, 0) is 12.8 Å². The van der Waals surface area contributed by atoms with Crippen LogP contribution < -0.4 is 0 Å². The van der Waals surface area contributed by atoms with Crippen LogP contribution in [-0.4, -0.2) is 13.1 Å². The molecular formula is C16H18N-. The molecule has 1 nitrogen and oxygen atoms in total. The summed E-state index contributed by atoms with van der Waals surface area (Å²) in [6.45, 7) is 0. The van der Waals surface area contributed by atoms with Gasteiger partial charge in [-0.3, -0.25) is 0 Å². The molecule has 1 heteroatoms. The Labute approximate surface area is 103 Å². The molecule has 0 aliphatic carbocycles. The van der Waals surface area contributed by atoms with Crippen molar-refractivity contribution < 1.29 is 0 Å². The van der Waals surface area contributed by atoms with Crippen LogP contribution in [0, 0.1) is 0 Å². The quantitative estimate of drug-likeness (QED) is 0.732. The second kappa shape index (κ2) is 6.21. The molecular weight excluding hydrogens is 206 g/mol. The highest BCUT2D eigenvalue weighted by molar-refractivity contribution is 5.21. The predicted octanol–water partition coefficient (Wildman–Crippen LogP) is 3.84. The van der Waals surface area contributed by atoms with Gasteiger partial charge in [-0.2, -0.15) is 7.05 Å². The molecule has 0 atom stereocenters. The Bertz CT molecular complexity index is 380. The maximum atomic E-state index is 4.48. The van der Waals surface area contributed by atoms with Crippen LogP contribution >= 0.6 is 0 Å².